The lowest BCUT2D eigenvalue weighted by Crippen LogP contribution is -2.29. The Morgan fingerprint density at radius 1 is 0.862 bits per heavy atom. The lowest BCUT2D eigenvalue weighted by atomic mass is 9.95. The summed E-state index contributed by atoms with van der Waals surface area (Å²) in [7, 11) is 0. The van der Waals surface area contributed by atoms with E-state index >= 15 is 0 Å². The van der Waals surface area contributed by atoms with Crippen LogP contribution in [0.4, 0.5) is 0 Å². The Hall–Kier alpha value is -3.37. The molecule has 1 heterocycles. The number of hydrogen-bond donors (Lipinski definition) is 1. The number of carbonyl (C=O) groups is 2. The van der Waals surface area contributed by atoms with Crippen molar-refractivity contribution in [3.63, 3.8) is 0 Å². The summed E-state index contributed by atoms with van der Waals surface area (Å²) in [5.41, 5.74) is 2.19. The predicted molar refractivity (Wildman–Crippen MR) is 112 cm³/mol. The van der Waals surface area contributed by atoms with Crippen molar-refractivity contribution < 1.29 is 14.7 Å². The molecule has 0 unspecified atom stereocenters. The first-order valence-electron chi connectivity index (χ1n) is 9.19. The SMILES string of the molecule is O=C1C(=O)N(Cc2ccccc2)[C@H](c2ccccc2)/C1=C(\O)c1ccc(Cl)cc1. The maximum atomic E-state index is 12.9. The van der Waals surface area contributed by atoms with E-state index in [4.69, 9.17) is 11.6 Å². The van der Waals surface area contributed by atoms with Crippen molar-refractivity contribution in [2.45, 2.75) is 12.6 Å². The third-order valence-corrected chi connectivity index (χ3v) is 5.22. The van der Waals surface area contributed by atoms with Gasteiger partial charge in [-0.3, -0.25) is 9.59 Å². The van der Waals surface area contributed by atoms with Crippen molar-refractivity contribution in [3.8, 4) is 0 Å². The van der Waals surface area contributed by atoms with Crippen molar-refractivity contribution in [2.24, 2.45) is 0 Å². The molecule has 144 valence electrons. The largest absolute Gasteiger partial charge is 0.507 e. The van der Waals surface area contributed by atoms with Crippen LogP contribution in [0.3, 0.4) is 0 Å². The van der Waals surface area contributed by atoms with Gasteiger partial charge in [0.15, 0.2) is 0 Å². The molecule has 29 heavy (non-hydrogen) atoms. The van der Waals surface area contributed by atoms with E-state index in [-0.39, 0.29) is 17.9 Å². The molecule has 1 aliphatic heterocycles. The topological polar surface area (TPSA) is 57.6 Å². The molecule has 1 fully saturated rings. The molecule has 4 nitrogen and oxygen atoms in total. The van der Waals surface area contributed by atoms with Crippen LogP contribution in [0.5, 0.6) is 0 Å². The standard InChI is InChI=1S/C24H18ClNO3/c25-19-13-11-18(12-14-19)22(27)20-21(17-9-5-2-6-10-17)26(24(29)23(20)28)15-16-7-3-1-4-8-16/h1-14,21,27H,15H2/b22-20+/t21-/m1/s1. The molecule has 0 saturated carbocycles. The second kappa shape index (κ2) is 7.94. The predicted octanol–water partition coefficient (Wildman–Crippen LogP) is 4.96. The van der Waals surface area contributed by atoms with Crippen molar-refractivity contribution >= 4 is 29.1 Å². The summed E-state index contributed by atoms with van der Waals surface area (Å²) in [6.07, 6.45) is 0. The summed E-state index contributed by atoms with van der Waals surface area (Å²) >= 11 is 5.94. The van der Waals surface area contributed by atoms with Crippen molar-refractivity contribution in [1.82, 2.24) is 4.90 Å². The summed E-state index contributed by atoms with van der Waals surface area (Å²) < 4.78 is 0. The first kappa shape index (κ1) is 19.0. The number of aliphatic hydroxyl groups excluding tert-OH is 1. The summed E-state index contributed by atoms with van der Waals surface area (Å²) in [6, 6.07) is 24.6. The molecule has 0 aromatic heterocycles. The number of Topliss-reactive ketones (excluding diaryl/α,β-unsaturated/α-hetero) is 1. The van der Waals surface area contributed by atoms with Crippen LogP contribution in [0.25, 0.3) is 5.76 Å². The second-order valence-corrected chi connectivity index (χ2v) is 7.27. The van der Waals surface area contributed by atoms with Crippen molar-refractivity contribution in [1.29, 1.82) is 0 Å². The minimum Gasteiger partial charge on any atom is -0.507 e. The van der Waals surface area contributed by atoms with Gasteiger partial charge in [-0.05, 0) is 35.4 Å². The molecule has 0 radical (unpaired) electrons. The monoisotopic (exact) mass is 403 g/mol. The van der Waals surface area contributed by atoms with Gasteiger partial charge in [0.2, 0.25) is 0 Å². The highest BCUT2D eigenvalue weighted by Crippen LogP contribution is 2.40. The number of nitrogens with zero attached hydrogens (tertiary/aromatic N) is 1. The fraction of sp³-hybridized carbons (Fsp3) is 0.0833. The van der Waals surface area contributed by atoms with Crippen LogP contribution in [0.15, 0.2) is 90.5 Å². The van der Waals surface area contributed by atoms with Crippen molar-refractivity contribution in [2.75, 3.05) is 0 Å². The smallest absolute Gasteiger partial charge is 0.295 e. The average molecular weight is 404 g/mol. The molecule has 4 rings (SSSR count). The molecular weight excluding hydrogens is 386 g/mol. The molecule has 1 N–H and O–H groups in total. The zero-order valence-corrected chi connectivity index (χ0v) is 16.2. The number of hydrogen-bond acceptors (Lipinski definition) is 3. The molecule has 1 amide bonds. The van der Waals surface area contributed by atoms with E-state index in [9.17, 15) is 14.7 Å². The van der Waals surface area contributed by atoms with Crippen LogP contribution in [0, 0.1) is 0 Å². The number of aliphatic hydroxyl groups is 1. The third kappa shape index (κ3) is 3.67. The van der Waals surface area contributed by atoms with Gasteiger partial charge in [0.05, 0.1) is 11.6 Å². The summed E-state index contributed by atoms with van der Waals surface area (Å²) in [6.45, 7) is 0.266. The molecule has 1 aliphatic rings. The number of ketones is 1. The highest BCUT2D eigenvalue weighted by molar-refractivity contribution is 6.46. The van der Waals surface area contributed by atoms with Crippen LogP contribution in [-0.2, 0) is 16.1 Å². The number of carbonyl (C=O) groups excluding carboxylic acids is 2. The number of likely N-dealkylation sites (tertiary alicyclic amines) is 1. The first-order chi connectivity index (χ1) is 14.1. The van der Waals surface area contributed by atoms with Crippen molar-refractivity contribution in [3.05, 3.63) is 112 Å². The Bertz CT molecular complexity index is 1080. The van der Waals surface area contributed by atoms with Gasteiger partial charge < -0.3 is 10.0 Å². The van der Waals surface area contributed by atoms with Crippen LogP contribution in [0.1, 0.15) is 22.7 Å². The van der Waals surface area contributed by atoms with E-state index in [1.54, 1.807) is 24.3 Å². The molecule has 1 atom stereocenters. The van der Waals surface area contributed by atoms with Crippen LogP contribution >= 0.6 is 11.6 Å². The first-order valence-corrected chi connectivity index (χ1v) is 9.57. The second-order valence-electron chi connectivity index (χ2n) is 6.83. The molecule has 3 aromatic carbocycles. The molecule has 0 aliphatic carbocycles. The number of halogens is 1. The van der Waals surface area contributed by atoms with Crippen LogP contribution in [-0.4, -0.2) is 21.7 Å². The number of rotatable bonds is 4. The normalized spacial score (nSPS) is 18.2. The lowest BCUT2D eigenvalue weighted by Gasteiger charge is -2.25. The summed E-state index contributed by atoms with van der Waals surface area (Å²) in [4.78, 5) is 27.3. The van der Waals surface area contributed by atoms with E-state index in [1.165, 1.54) is 4.90 Å². The Morgan fingerprint density at radius 3 is 2.07 bits per heavy atom. The van der Waals surface area contributed by atoms with Gasteiger partial charge in [-0.15, -0.1) is 0 Å². The van der Waals surface area contributed by atoms with Gasteiger partial charge in [-0.2, -0.15) is 0 Å². The Kier molecular flexibility index (Phi) is 5.19. The van der Waals surface area contributed by atoms with Gasteiger partial charge in [0.25, 0.3) is 11.7 Å². The van der Waals surface area contributed by atoms with Gasteiger partial charge in [-0.25, -0.2) is 0 Å². The zero-order chi connectivity index (χ0) is 20.4. The Balaban J connectivity index is 1.85. The Morgan fingerprint density at radius 2 is 1.45 bits per heavy atom. The molecular formula is C24H18ClNO3. The third-order valence-electron chi connectivity index (χ3n) is 4.97. The lowest BCUT2D eigenvalue weighted by molar-refractivity contribution is -0.140. The van der Waals surface area contributed by atoms with E-state index in [0.29, 0.717) is 10.6 Å². The van der Waals surface area contributed by atoms with Gasteiger partial charge in [0.1, 0.15) is 5.76 Å². The van der Waals surface area contributed by atoms with E-state index < -0.39 is 17.7 Å². The highest BCUT2D eigenvalue weighted by Gasteiger charge is 2.45. The highest BCUT2D eigenvalue weighted by atomic mass is 35.5. The molecule has 5 heteroatoms. The van der Waals surface area contributed by atoms with Gasteiger partial charge in [0, 0.05) is 17.1 Å². The number of amides is 1. The molecule has 1 saturated heterocycles. The minimum atomic E-state index is -0.692. The van der Waals surface area contributed by atoms with Crippen LogP contribution in [0.2, 0.25) is 5.02 Å². The maximum Gasteiger partial charge on any atom is 0.295 e. The molecule has 0 bridgehead atoms. The van der Waals surface area contributed by atoms with Gasteiger partial charge >= 0.3 is 0 Å². The maximum absolute atomic E-state index is 12.9. The minimum absolute atomic E-state index is 0.0828. The molecule has 3 aromatic rings. The van der Waals surface area contributed by atoms with Crippen LogP contribution < -0.4 is 0 Å². The van der Waals surface area contributed by atoms with E-state index in [2.05, 4.69) is 0 Å². The fourth-order valence-electron chi connectivity index (χ4n) is 3.57. The quantitative estimate of drug-likeness (QED) is 0.380. The average Bonchev–Trinajstić information content (AvgIpc) is 3.00. The molecule has 0 spiro atoms. The van der Waals surface area contributed by atoms with E-state index in [0.717, 1.165) is 11.1 Å². The summed E-state index contributed by atoms with van der Waals surface area (Å²) in [5, 5.41) is 11.5. The summed E-state index contributed by atoms with van der Waals surface area (Å²) in [5.74, 6) is -1.52. The Labute approximate surface area is 173 Å². The van der Waals surface area contributed by atoms with Gasteiger partial charge in [-0.1, -0.05) is 72.3 Å². The number of benzene rings is 3. The van der Waals surface area contributed by atoms with E-state index in [1.807, 2.05) is 60.7 Å². The zero-order valence-electron chi connectivity index (χ0n) is 15.5. The fourth-order valence-corrected chi connectivity index (χ4v) is 3.69.